The lowest BCUT2D eigenvalue weighted by atomic mass is 9.93. The van der Waals surface area contributed by atoms with Crippen LogP contribution in [0.3, 0.4) is 0 Å². The molecule has 2 aliphatic heterocycles. The van der Waals surface area contributed by atoms with Crippen LogP contribution in [0.5, 0.6) is 11.5 Å². The second-order valence-electron chi connectivity index (χ2n) is 10.9. The van der Waals surface area contributed by atoms with E-state index in [4.69, 9.17) is 15.2 Å². The summed E-state index contributed by atoms with van der Waals surface area (Å²) in [6, 6.07) is 18.2. The number of likely N-dealkylation sites (tertiary alicyclic amines) is 2. The van der Waals surface area contributed by atoms with Crippen LogP contribution in [0.25, 0.3) is 22.2 Å². The molecule has 9 nitrogen and oxygen atoms in total. The molecule has 4 heterocycles. The van der Waals surface area contributed by atoms with Crippen molar-refractivity contribution in [3.63, 3.8) is 0 Å². The predicted octanol–water partition coefficient (Wildman–Crippen LogP) is 4.58. The minimum Gasteiger partial charge on any atom is -0.457 e. The average Bonchev–Trinajstić information content (AvgIpc) is 3.34. The molecule has 2 fully saturated rings. The number of anilines is 1. The number of hydrogen-bond acceptors (Lipinski definition) is 7. The van der Waals surface area contributed by atoms with E-state index >= 15 is 0 Å². The van der Waals surface area contributed by atoms with Crippen LogP contribution in [0.2, 0.25) is 0 Å². The van der Waals surface area contributed by atoms with Crippen LogP contribution in [0.4, 0.5) is 5.82 Å². The summed E-state index contributed by atoms with van der Waals surface area (Å²) >= 11 is 0. The first-order chi connectivity index (χ1) is 21.1. The number of nitrogen functional groups attached to an aromatic ring is 1. The van der Waals surface area contributed by atoms with E-state index in [1.54, 1.807) is 7.11 Å². The highest BCUT2D eigenvalue weighted by Crippen LogP contribution is 2.37. The number of piperidine rings is 1. The third-order valence-corrected chi connectivity index (χ3v) is 8.28. The summed E-state index contributed by atoms with van der Waals surface area (Å²) in [5.41, 5.74) is 9.93. The maximum atomic E-state index is 11.9. The zero-order valence-electron chi connectivity index (χ0n) is 24.4. The number of para-hydroxylation sites is 1. The van der Waals surface area contributed by atoms with Crippen molar-refractivity contribution in [3.05, 3.63) is 79.3 Å². The van der Waals surface area contributed by atoms with Crippen molar-refractivity contribution >= 4 is 22.8 Å². The summed E-state index contributed by atoms with van der Waals surface area (Å²) in [6.45, 7) is 8.12. The summed E-state index contributed by atoms with van der Waals surface area (Å²) in [7, 11) is 1.69. The zero-order valence-corrected chi connectivity index (χ0v) is 24.4. The van der Waals surface area contributed by atoms with Crippen molar-refractivity contribution < 1.29 is 14.3 Å². The van der Waals surface area contributed by atoms with Crippen LogP contribution in [0.1, 0.15) is 18.5 Å². The Hall–Kier alpha value is -4.65. The van der Waals surface area contributed by atoms with Crippen LogP contribution in [-0.2, 0) is 16.1 Å². The number of nitrogens with zero attached hydrogens (tertiary/aromatic N) is 5. The number of hydrogen-bond donors (Lipinski definition) is 1. The lowest BCUT2D eigenvalue weighted by Gasteiger charge is -2.45. The first-order valence-corrected chi connectivity index (χ1v) is 14.7. The number of carbonyl (C=O) groups excluding carboxylic acids is 1. The van der Waals surface area contributed by atoms with E-state index in [1.807, 2.05) is 59.5 Å². The smallest absolute Gasteiger partial charge is 0.245 e. The molecule has 2 N–H and O–H groups in total. The minimum absolute atomic E-state index is 0.0224. The molecule has 6 rings (SSSR count). The molecule has 0 bridgehead atoms. The van der Waals surface area contributed by atoms with E-state index < -0.39 is 0 Å². The van der Waals surface area contributed by atoms with E-state index in [2.05, 4.69) is 37.9 Å². The third kappa shape index (κ3) is 5.98. The number of aromatic nitrogens is 3. The summed E-state index contributed by atoms with van der Waals surface area (Å²) in [5.74, 6) is 9.30. The molecule has 0 unspecified atom stereocenters. The fourth-order valence-corrected chi connectivity index (χ4v) is 5.97. The molecule has 220 valence electrons. The number of rotatable bonds is 8. The van der Waals surface area contributed by atoms with Crippen LogP contribution in [0.15, 0.2) is 73.6 Å². The summed E-state index contributed by atoms with van der Waals surface area (Å²) in [4.78, 5) is 25.3. The van der Waals surface area contributed by atoms with Crippen molar-refractivity contribution in [1.29, 1.82) is 0 Å². The summed E-state index contributed by atoms with van der Waals surface area (Å²) in [6.07, 6.45) is 4.87. The topological polar surface area (TPSA) is 98.7 Å². The number of benzene rings is 2. The highest BCUT2D eigenvalue weighted by Gasteiger charge is 2.34. The molecule has 0 spiro atoms. The van der Waals surface area contributed by atoms with Gasteiger partial charge in [-0.25, -0.2) is 9.97 Å². The van der Waals surface area contributed by atoms with Gasteiger partial charge in [0.15, 0.2) is 0 Å². The monoisotopic (exact) mass is 576 g/mol. The van der Waals surface area contributed by atoms with E-state index in [-0.39, 0.29) is 11.8 Å². The second-order valence-corrected chi connectivity index (χ2v) is 10.9. The van der Waals surface area contributed by atoms with Gasteiger partial charge in [-0.15, -0.1) is 0 Å². The molecule has 0 aliphatic carbocycles. The average molecular weight is 577 g/mol. The number of carbonyl (C=O) groups is 1. The fourth-order valence-electron chi connectivity index (χ4n) is 5.97. The van der Waals surface area contributed by atoms with Crippen LogP contribution >= 0.6 is 0 Å². The highest BCUT2D eigenvalue weighted by atomic mass is 16.5. The number of ether oxygens (including phenoxy) is 2. The Labute approximate surface area is 251 Å². The normalized spacial score (nSPS) is 16.0. The summed E-state index contributed by atoms with van der Waals surface area (Å²) in [5, 5.41) is 0.788. The maximum absolute atomic E-state index is 11.9. The van der Waals surface area contributed by atoms with Crippen molar-refractivity contribution in [3.8, 4) is 34.5 Å². The van der Waals surface area contributed by atoms with E-state index in [0.29, 0.717) is 25.0 Å². The van der Waals surface area contributed by atoms with Crippen molar-refractivity contribution in [1.82, 2.24) is 24.3 Å². The Morgan fingerprint density at radius 3 is 2.49 bits per heavy atom. The van der Waals surface area contributed by atoms with Gasteiger partial charge in [-0.2, -0.15) is 0 Å². The Morgan fingerprint density at radius 1 is 1.07 bits per heavy atom. The standard InChI is InChI=1S/C34H36N6O3/c1-3-30(41)38-17-15-26(16-18-38)39-21-24(22-39)9-14-29-31(32-33(35)36-23-37-34(32)40(29)19-20-42-2)25-10-12-28(13-11-25)43-27-7-5-4-6-8-27/h3-8,10-13,23-24,26H,1,15-22H2,2H3,(H2,35,36,37). The molecular weight excluding hydrogens is 540 g/mol. The minimum atomic E-state index is 0.0224. The highest BCUT2D eigenvalue weighted by molar-refractivity contribution is 6.03. The molecule has 2 saturated heterocycles. The van der Waals surface area contributed by atoms with Gasteiger partial charge in [-0.3, -0.25) is 9.69 Å². The van der Waals surface area contributed by atoms with Gasteiger partial charge < -0.3 is 24.7 Å². The van der Waals surface area contributed by atoms with Crippen molar-refractivity contribution in [2.24, 2.45) is 5.92 Å². The Kier molecular flexibility index (Phi) is 8.40. The SMILES string of the molecule is C=CC(=O)N1CCC(N2CC(C#Cc3c(-c4ccc(Oc5ccccc5)cc4)c4c(N)ncnc4n3CCOC)C2)CC1. The van der Waals surface area contributed by atoms with Gasteiger partial charge in [-0.05, 0) is 54.7 Å². The van der Waals surface area contributed by atoms with Crippen LogP contribution in [0, 0.1) is 17.8 Å². The molecule has 2 aromatic heterocycles. The Balaban J connectivity index is 1.27. The maximum Gasteiger partial charge on any atom is 0.245 e. The number of nitrogens with two attached hydrogens (primary N) is 1. The van der Waals surface area contributed by atoms with Gasteiger partial charge in [0.25, 0.3) is 0 Å². The first-order valence-electron chi connectivity index (χ1n) is 14.7. The molecule has 0 radical (unpaired) electrons. The molecule has 43 heavy (non-hydrogen) atoms. The first kappa shape index (κ1) is 28.5. The van der Waals surface area contributed by atoms with Gasteiger partial charge in [0.2, 0.25) is 5.91 Å². The van der Waals surface area contributed by atoms with Crippen molar-refractivity contribution in [2.45, 2.75) is 25.4 Å². The molecular formula is C34H36N6O3. The van der Waals surface area contributed by atoms with Gasteiger partial charge in [-0.1, -0.05) is 42.8 Å². The lowest BCUT2D eigenvalue weighted by molar-refractivity contribution is -0.127. The Bertz CT molecular complexity index is 1660. The molecule has 1 amide bonds. The molecule has 4 aromatic rings. The van der Waals surface area contributed by atoms with E-state index in [1.165, 1.54) is 12.4 Å². The third-order valence-electron chi connectivity index (χ3n) is 8.28. The van der Waals surface area contributed by atoms with E-state index in [9.17, 15) is 4.79 Å². The van der Waals surface area contributed by atoms with Gasteiger partial charge in [0.05, 0.1) is 12.0 Å². The predicted molar refractivity (Wildman–Crippen MR) is 168 cm³/mol. The molecule has 2 aliphatic rings. The number of methoxy groups -OCH3 is 1. The zero-order chi connectivity index (χ0) is 29.8. The van der Waals surface area contributed by atoms with E-state index in [0.717, 1.165) is 78.4 Å². The Morgan fingerprint density at radius 2 is 1.79 bits per heavy atom. The second kappa shape index (κ2) is 12.7. The van der Waals surface area contributed by atoms with Gasteiger partial charge in [0.1, 0.15) is 35.0 Å². The largest absolute Gasteiger partial charge is 0.457 e. The molecule has 9 heteroatoms. The molecule has 0 atom stereocenters. The lowest BCUT2D eigenvalue weighted by Crippen LogP contribution is -2.55. The van der Waals surface area contributed by atoms with Gasteiger partial charge >= 0.3 is 0 Å². The van der Waals surface area contributed by atoms with Crippen LogP contribution < -0.4 is 10.5 Å². The van der Waals surface area contributed by atoms with Crippen molar-refractivity contribution in [2.75, 3.05) is 45.6 Å². The summed E-state index contributed by atoms with van der Waals surface area (Å²) < 4.78 is 13.6. The molecule has 2 aromatic carbocycles. The molecule has 0 saturated carbocycles. The quantitative estimate of drug-likeness (QED) is 0.242. The fraction of sp³-hybridized carbons (Fsp3) is 0.324. The van der Waals surface area contributed by atoms with Gasteiger partial charge in [0, 0.05) is 57.4 Å². The number of amides is 1. The van der Waals surface area contributed by atoms with Crippen LogP contribution in [-0.4, -0.2) is 76.2 Å². The number of fused-ring (bicyclic) bond motifs is 1.